The van der Waals surface area contributed by atoms with Crippen molar-refractivity contribution in [3.8, 4) is 0 Å². The van der Waals surface area contributed by atoms with Crippen LogP contribution < -0.4 is 10.6 Å². The van der Waals surface area contributed by atoms with Gasteiger partial charge in [-0.3, -0.25) is 14.9 Å². The number of benzene rings is 1. The highest BCUT2D eigenvalue weighted by Gasteiger charge is 2.26. The van der Waals surface area contributed by atoms with Gasteiger partial charge in [0.05, 0.1) is 6.54 Å². The van der Waals surface area contributed by atoms with E-state index < -0.39 is 17.4 Å². The summed E-state index contributed by atoms with van der Waals surface area (Å²) in [5, 5.41) is 14.0. The lowest BCUT2D eigenvalue weighted by atomic mass is 10.1. The van der Waals surface area contributed by atoms with E-state index in [2.05, 4.69) is 10.6 Å². The fourth-order valence-electron chi connectivity index (χ4n) is 1.27. The fourth-order valence-corrected chi connectivity index (χ4v) is 1.27. The Hall–Kier alpha value is -1.95. The largest absolute Gasteiger partial charge is 0.480 e. The van der Waals surface area contributed by atoms with Crippen LogP contribution in [0.3, 0.4) is 0 Å². The topological polar surface area (TPSA) is 78.4 Å². The predicted octanol–water partition coefficient (Wildman–Crippen LogP) is 0.895. The van der Waals surface area contributed by atoms with Gasteiger partial charge in [0.2, 0.25) is 5.91 Å². The predicted molar refractivity (Wildman–Crippen MR) is 68.0 cm³/mol. The van der Waals surface area contributed by atoms with Gasteiger partial charge < -0.3 is 10.4 Å². The third-order valence-corrected chi connectivity index (χ3v) is 2.66. The number of nitrogens with one attached hydrogen (secondary N) is 2. The fraction of sp³-hybridized carbons (Fsp3) is 0.385. The first-order chi connectivity index (χ1) is 8.83. The van der Waals surface area contributed by atoms with Crippen LogP contribution in [0.1, 0.15) is 19.4 Å². The average molecular weight is 268 g/mol. The summed E-state index contributed by atoms with van der Waals surface area (Å²) in [5.74, 6) is -1.83. The number of carbonyl (C=O) groups is 2. The van der Waals surface area contributed by atoms with Crippen LogP contribution in [0, 0.1) is 5.82 Å². The Kier molecular flexibility index (Phi) is 5.00. The van der Waals surface area contributed by atoms with Crippen LogP contribution in [0.4, 0.5) is 4.39 Å². The molecule has 0 radical (unpaired) electrons. The average Bonchev–Trinajstić information content (AvgIpc) is 2.35. The van der Waals surface area contributed by atoms with Gasteiger partial charge in [0.15, 0.2) is 0 Å². The van der Waals surface area contributed by atoms with Crippen molar-refractivity contribution in [2.45, 2.75) is 25.9 Å². The molecule has 0 heterocycles. The summed E-state index contributed by atoms with van der Waals surface area (Å²) in [6.45, 7) is 2.84. The second-order valence-corrected chi connectivity index (χ2v) is 4.65. The van der Waals surface area contributed by atoms with E-state index in [1.807, 2.05) is 0 Å². The molecule has 0 aliphatic carbocycles. The molecule has 0 bridgehead atoms. The summed E-state index contributed by atoms with van der Waals surface area (Å²) in [6, 6.07) is 6.13. The maximum atomic E-state index is 13.3. The Labute approximate surface area is 110 Å². The molecule has 0 unspecified atom stereocenters. The van der Waals surface area contributed by atoms with E-state index in [0.717, 1.165) is 0 Å². The van der Waals surface area contributed by atoms with Crippen LogP contribution in [0.15, 0.2) is 24.3 Å². The number of hydrogen-bond donors (Lipinski definition) is 3. The summed E-state index contributed by atoms with van der Waals surface area (Å²) in [4.78, 5) is 22.3. The molecular formula is C13H17FN2O3. The summed E-state index contributed by atoms with van der Waals surface area (Å²) in [5.41, 5.74) is -0.802. The second kappa shape index (κ2) is 6.29. The van der Waals surface area contributed by atoms with Crippen molar-refractivity contribution in [3.63, 3.8) is 0 Å². The molecule has 104 valence electrons. The van der Waals surface area contributed by atoms with E-state index in [1.165, 1.54) is 19.9 Å². The van der Waals surface area contributed by atoms with Crippen molar-refractivity contribution in [2.24, 2.45) is 0 Å². The van der Waals surface area contributed by atoms with Gasteiger partial charge in [-0.05, 0) is 19.9 Å². The summed E-state index contributed by atoms with van der Waals surface area (Å²) in [7, 11) is 0. The first-order valence-corrected chi connectivity index (χ1v) is 5.81. The Morgan fingerprint density at radius 3 is 2.53 bits per heavy atom. The van der Waals surface area contributed by atoms with Crippen molar-refractivity contribution >= 4 is 11.9 Å². The van der Waals surface area contributed by atoms with Gasteiger partial charge in [0, 0.05) is 12.1 Å². The molecular weight excluding hydrogens is 251 g/mol. The molecule has 6 heteroatoms. The van der Waals surface area contributed by atoms with Crippen LogP contribution in [0.25, 0.3) is 0 Å². The first-order valence-electron chi connectivity index (χ1n) is 5.81. The van der Waals surface area contributed by atoms with E-state index in [0.29, 0.717) is 5.56 Å². The van der Waals surface area contributed by atoms with Crippen LogP contribution in [0.5, 0.6) is 0 Å². The number of aliphatic carboxylic acids is 1. The molecule has 1 aromatic carbocycles. The monoisotopic (exact) mass is 268 g/mol. The third kappa shape index (κ3) is 4.67. The molecule has 0 saturated heterocycles. The van der Waals surface area contributed by atoms with Gasteiger partial charge in [-0.25, -0.2) is 4.39 Å². The lowest BCUT2D eigenvalue weighted by Gasteiger charge is -2.20. The van der Waals surface area contributed by atoms with Crippen molar-refractivity contribution < 1.29 is 19.1 Å². The SMILES string of the molecule is CC(C)(NCC(=O)NCc1ccccc1F)C(=O)O. The molecule has 3 N–H and O–H groups in total. The normalized spacial score (nSPS) is 11.1. The molecule has 0 fully saturated rings. The van der Waals surface area contributed by atoms with Crippen LogP contribution in [-0.2, 0) is 16.1 Å². The Morgan fingerprint density at radius 1 is 1.32 bits per heavy atom. The maximum Gasteiger partial charge on any atom is 0.323 e. The van der Waals surface area contributed by atoms with Gasteiger partial charge in [-0.15, -0.1) is 0 Å². The molecule has 0 aliphatic heterocycles. The number of carbonyl (C=O) groups excluding carboxylic acids is 1. The van der Waals surface area contributed by atoms with Gasteiger partial charge in [-0.2, -0.15) is 0 Å². The highest BCUT2D eigenvalue weighted by Crippen LogP contribution is 2.05. The molecule has 0 atom stereocenters. The number of carboxylic acid groups (broad SMARTS) is 1. The van der Waals surface area contributed by atoms with E-state index in [9.17, 15) is 14.0 Å². The quantitative estimate of drug-likeness (QED) is 0.716. The van der Waals surface area contributed by atoms with Crippen LogP contribution in [-0.4, -0.2) is 29.1 Å². The number of amides is 1. The molecule has 1 rings (SSSR count). The van der Waals surface area contributed by atoms with Gasteiger partial charge >= 0.3 is 5.97 Å². The minimum absolute atomic E-state index is 0.0701. The van der Waals surface area contributed by atoms with Crippen molar-refractivity contribution in [1.82, 2.24) is 10.6 Å². The van der Waals surface area contributed by atoms with Crippen LogP contribution >= 0.6 is 0 Å². The van der Waals surface area contributed by atoms with Crippen LogP contribution in [0.2, 0.25) is 0 Å². The number of rotatable bonds is 6. The zero-order chi connectivity index (χ0) is 14.5. The highest BCUT2D eigenvalue weighted by atomic mass is 19.1. The molecule has 0 aromatic heterocycles. The smallest absolute Gasteiger partial charge is 0.323 e. The Balaban J connectivity index is 2.41. The molecule has 5 nitrogen and oxygen atoms in total. The summed E-state index contributed by atoms with van der Waals surface area (Å²) < 4.78 is 13.3. The van der Waals surface area contributed by atoms with Gasteiger partial charge in [-0.1, -0.05) is 18.2 Å². The minimum Gasteiger partial charge on any atom is -0.480 e. The molecule has 0 saturated carbocycles. The summed E-state index contributed by atoms with van der Waals surface area (Å²) >= 11 is 0. The number of carboxylic acids is 1. The second-order valence-electron chi connectivity index (χ2n) is 4.65. The standard InChI is InChI=1S/C13H17FN2O3/c1-13(2,12(18)19)16-8-11(17)15-7-9-5-3-4-6-10(9)14/h3-6,16H,7-8H2,1-2H3,(H,15,17)(H,18,19). The lowest BCUT2D eigenvalue weighted by molar-refractivity contribution is -0.143. The Bertz CT molecular complexity index is 475. The third-order valence-electron chi connectivity index (χ3n) is 2.66. The first kappa shape index (κ1) is 15.1. The molecule has 0 spiro atoms. The van der Waals surface area contributed by atoms with Crippen molar-refractivity contribution in [2.75, 3.05) is 6.54 Å². The van der Waals surface area contributed by atoms with E-state index in [4.69, 9.17) is 5.11 Å². The molecule has 1 aromatic rings. The zero-order valence-electron chi connectivity index (χ0n) is 10.9. The Morgan fingerprint density at radius 2 is 1.95 bits per heavy atom. The van der Waals surface area contributed by atoms with Crippen molar-refractivity contribution in [1.29, 1.82) is 0 Å². The summed E-state index contributed by atoms with van der Waals surface area (Å²) in [6.07, 6.45) is 0. The maximum absolute atomic E-state index is 13.3. The highest BCUT2D eigenvalue weighted by molar-refractivity contribution is 5.81. The molecule has 19 heavy (non-hydrogen) atoms. The van der Waals surface area contributed by atoms with E-state index in [-0.39, 0.29) is 18.9 Å². The minimum atomic E-state index is -1.19. The number of halogens is 1. The lowest BCUT2D eigenvalue weighted by Crippen LogP contribution is -2.50. The van der Waals surface area contributed by atoms with E-state index in [1.54, 1.807) is 18.2 Å². The van der Waals surface area contributed by atoms with Gasteiger partial charge in [0.1, 0.15) is 11.4 Å². The molecule has 1 amide bonds. The van der Waals surface area contributed by atoms with Crippen molar-refractivity contribution in [3.05, 3.63) is 35.6 Å². The van der Waals surface area contributed by atoms with E-state index >= 15 is 0 Å². The number of hydrogen-bond acceptors (Lipinski definition) is 3. The molecule has 0 aliphatic rings. The zero-order valence-corrected chi connectivity index (χ0v) is 10.9. The van der Waals surface area contributed by atoms with Gasteiger partial charge in [0.25, 0.3) is 0 Å².